The molecule has 1 atom stereocenters. The molecule has 1 heterocycles. The minimum atomic E-state index is -0.555. The summed E-state index contributed by atoms with van der Waals surface area (Å²) in [5.41, 5.74) is 0.613. The lowest BCUT2D eigenvalue weighted by Crippen LogP contribution is -2.27. The number of halogens is 1. The molecule has 1 aromatic carbocycles. The fourth-order valence-electron chi connectivity index (χ4n) is 2.43. The molecule has 2 N–H and O–H groups in total. The normalized spacial score (nSPS) is 18.6. The van der Waals surface area contributed by atoms with Gasteiger partial charge in [-0.1, -0.05) is 0 Å². The van der Waals surface area contributed by atoms with E-state index in [1.807, 2.05) is 0 Å². The average molecular weight is 294 g/mol. The van der Waals surface area contributed by atoms with Crippen LogP contribution in [-0.4, -0.2) is 24.3 Å². The van der Waals surface area contributed by atoms with E-state index in [4.69, 9.17) is 4.74 Å². The Morgan fingerprint density at radius 2 is 2.24 bits per heavy atom. The first-order valence-electron chi connectivity index (χ1n) is 7.35. The third-order valence-electron chi connectivity index (χ3n) is 3.32. The molecule has 0 bridgehead atoms. The van der Waals surface area contributed by atoms with E-state index in [1.54, 1.807) is 32.9 Å². The fraction of sp³-hybridized carbons (Fsp3) is 0.562. The Morgan fingerprint density at radius 1 is 1.48 bits per heavy atom. The van der Waals surface area contributed by atoms with Crippen LogP contribution in [0.15, 0.2) is 18.2 Å². The zero-order valence-electron chi connectivity index (χ0n) is 12.8. The molecule has 1 amide bonds. The highest BCUT2D eigenvalue weighted by Gasteiger charge is 2.18. The second-order valence-electron chi connectivity index (χ2n) is 6.43. The second kappa shape index (κ2) is 6.43. The van der Waals surface area contributed by atoms with Crippen molar-refractivity contribution in [1.29, 1.82) is 0 Å². The molecule has 4 nitrogen and oxygen atoms in total. The van der Waals surface area contributed by atoms with Crippen molar-refractivity contribution in [1.82, 2.24) is 5.32 Å². The highest BCUT2D eigenvalue weighted by atomic mass is 19.1. The van der Waals surface area contributed by atoms with Crippen LogP contribution in [0.3, 0.4) is 0 Å². The van der Waals surface area contributed by atoms with Crippen LogP contribution in [0.2, 0.25) is 0 Å². The van der Waals surface area contributed by atoms with Crippen molar-refractivity contribution in [2.24, 2.45) is 0 Å². The molecule has 5 heteroatoms. The van der Waals surface area contributed by atoms with Crippen LogP contribution < -0.4 is 10.6 Å². The molecule has 0 spiro atoms. The Balaban J connectivity index is 2.02. The maximum atomic E-state index is 13.9. The van der Waals surface area contributed by atoms with Gasteiger partial charge in [0.15, 0.2) is 0 Å². The van der Waals surface area contributed by atoms with Gasteiger partial charge in [-0.05, 0) is 70.3 Å². The summed E-state index contributed by atoms with van der Waals surface area (Å²) in [6, 6.07) is 4.93. The summed E-state index contributed by atoms with van der Waals surface area (Å²) in [4.78, 5) is 11.7. The highest BCUT2D eigenvalue weighted by Crippen LogP contribution is 2.20. The number of hydrogen-bond donors (Lipinski definition) is 2. The zero-order chi connectivity index (χ0) is 15.5. The van der Waals surface area contributed by atoms with Gasteiger partial charge in [0.1, 0.15) is 11.4 Å². The molecule has 2 rings (SSSR count). The van der Waals surface area contributed by atoms with Crippen molar-refractivity contribution < 1.29 is 13.9 Å². The standard InChI is InChI=1S/C16H23FN2O2/c1-16(2,3)21-15(20)19-13-6-7-14(17)11(10-13)9-12-5-4-8-18-12/h6-7,10,12,18H,4-5,8-9H2,1-3H3,(H,19,20). The van der Waals surface area contributed by atoms with Gasteiger partial charge in [0.25, 0.3) is 0 Å². The van der Waals surface area contributed by atoms with Crippen molar-refractivity contribution in [2.45, 2.75) is 51.7 Å². The number of carbonyl (C=O) groups excluding carboxylic acids is 1. The van der Waals surface area contributed by atoms with Gasteiger partial charge in [0.05, 0.1) is 0 Å². The van der Waals surface area contributed by atoms with Crippen molar-refractivity contribution in [3.05, 3.63) is 29.6 Å². The van der Waals surface area contributed by atoms with E-state index in [-0.39, 0.29) is 5.82 Å². The number of benzene rings is 1. The summed E-state index contributed by atoms with van der Waals surface area (Å²) in [5, 5.41) is 5.99. The summed E-state index contributed by atoms with van der Waals surface area (Å²) in [7, 11) is 0. The molecule has 0 aliphatic carbocycles. The summed E-state index contributed by atoms with van der Waals surface area (Å²) in [6.45, 7) is 6.39. The molecule has 1 unspecified atom stereocenters. The maximum absolute atomic E-state index is 13.9. The first kappa shape index (κ1) is 15.8. The van der Waals surface area contributed by atoms with E-state index in [9.17, 15) is 9.18 Å². The van der Waals surface area contributed by atoms with Gasteiger partial charge in [0, 0.05) is 11.7 Å². The fourth-order valence-corrected chi connectivity index (χ4v) is 2.43. The molecule has 1 fully saturated rings. The largest absolute Gasteiger partial charge is 0.444 e. The van der Waals surface area contributed by atoms with Gasteiger partial charge in [-0.15, -0.1) is 0 Å². The molecule has 116 valence electrons. The Kier molecular flexibility index (Phi) is 4.83. The van der Waals surface area contributed by atoms with Gasteiger partial charge in [0.2, 0.25) is 0 Å². The SMILES string of the molecule is CC(C)(C)OC(=O)Nc1ccc(F)c(CC2CCCN2)c1. The maximum Gasteiger partial charge on any atom is 0.412 e. The van der Waals surface area contributed by atoms with E-state index >= 15 is 0 Å². The van der Waals surface area contributed by atoms with Crippen LogP contribution >= 0.6 is 0 Å². The van der Waals surface area contributed by atoms with Gasteiger partial charge in [-0.3, -0.25) is 5.32 Å². The zero-order valence-corrected chi connectivity index (χ0v) is 12.8. The molecule has 21 heavy (non-hydrogen) atoms. The monoisotopic (exact) mass is 294 g/mol. The lowest BCUT2D eigenvalue weighted by atomic mass is 10.0. The Morgan fingerprint density at radius 3 is 2.86 bits per heavy atom. The number of ether oxygens (including phenoxy) is 1. The lowest BCUT2D eigenvalue weighted by Gasteiger charge is -2.20. The van der Waals surface area contributed by atoms with Crippen LogP contribution in [-0.2, 0) is 11.2 Å². The third-order valence-corrected chi connectivity index (χ3v) is 3.32. The van der Waals surface area contributed by atoms with Gasteiger partial charge >= 0.3 is 6.09 Å². The molecule has 1 saturated heterocycles. The number of nitrogens with one attached hydrogen (secondary N) is 2. The molecular weight excluding hydrogens is 271 g/mol. The molecule has 1 aliphatic heterocycles. The van der Waals surface area contributed by atoms with Crippen LogP contribution in [0.5, 0.6) is 0 Å². The van der Waals surface area contributed by atoms with Crippen LogP contribution in [0.4, 0.5) is 14.9 Å². The van der Waals surface area contributed by atoms with Crippen LogP contribution in [0, 0.1) is 5.82 Å². The number of rotatable bonds is 3. The summed E-state index contributed by atoms with van der Waals surface area (Å²) >= 11 is 0. The van der Waals surface area contributed by atoms with Crippen LogP contribution in [0.25, 0.3) is 0 Å². The number of carbonyl (C=O) groups is 1. The lowest BCUT2D eigenvalue weighted by molar-refractivity contribution is 0.0636. The van der Waals surface area contributed by atoms with Gasteiger partial charge in [-0.2, -0.15) is 0 Å². The second-order valence-corrected chi connectivity index (χ2v) is 6.43. The van der Waals surface area contributed by atoms with Crippen molar-refractivity contribution >= 4 is 11.8 Å². The molecule has 1 aromatic rings. The number of hydrogen-bond acceptors (Lipinski definition) is 3. The van der Waals surface area contributed by atoms with E-state index in [0.717, 1.165) is 19.4 Å². The number of amides is 1. The van der Waals surface area contributed by atoms with E-state index in [0.29, 0.717) is 23.7 Å². The summed E-state index contributed by atoms with van der Waals surface area (Å²) in [5.74, 6) is -0.238. The van der Waals surface area contributed by atoms with Crippen molar-refractivity contribution in [3.8, 4) is 0 Å². The Hall–Kier alpha value is -1.62. The number of anilines is 1. The molecule has 0 radical (unpaired) electrons. The molecule has 1 aliphatic rings. The van der Waals surface area contributed by atoms with E-state index < -0.39 is 11.7 Å². The third kappa shape index (κ3) is 5.01. The minimum Gasteiger partial charge on any atom is -0.444 e. The van der Waals surface area contributed by atoms with Gasteiger partial charge in [-0.25, -0.2) is 9.18 Å². The molecule has 0 aromatic heterocycles. The van der Waals surface area contributed by atoms with Crippen LogP contribution in [0.1, 0.15) is 39.2 Å². The first-order chi connectivity index (χ1) is 9.83. The smallest absolute Gasteiger partial charge is 0.412 e. The van der Waals surface area contributed by atoms with E-state index in [1.165, 1.54) is 6.07 Å². The molecular formula is C16H23FN2O2. The highest BCUT2D eigenvalue weighted by molar-refractivity contribution is 5.84. The van der Waals surface area contributed by atoms with E-state index in [2.05, 4.69) is 10.6 Å². The topological polar surface area (TPSA) is 50.4 Å². The predicted molar refractivity (Wildman–Crippen MR) is 81.0 cm³/mol. The summed E-state index contributed by atoms with van der Waals surface area (Å²) in [6.07, 6.45) is 2.29. The molecule has 0 saturated carbocycles. The Bertz CT molecular complexity index is 505. The predicted octanol–water partition coefficient (Wildman–Crippen LogP) is 3.47. The average Bonchev–Trinajstić information content (AvgIpc) is 2.84. The minimum absolute atomic E-state index is 0.238. The summed E-state index contributed by atoms with van der Waals surface area (Å²) < 4.78 is 19.0. The first-order valence-corrected chi connectivity index (χ1v) is 7.35. The van der Waals surface area contributed by atoms with Crippen molar-refractivity contribution in [3.63, 3.8) is 0 Å². The Labute approximate surface area is 125 Å². The quantitative estimate of drug-likeness (QED) is 0.897. The van der Waals surface area contributed by atoms with Crippen molar-refractivity contribution in [2.75, 3.05) is 11.9 Å². The van der Waals surface area contributed by atoms with Gasteiger partial charge < -0.3 is 10.1 Å².